The van der Waals surface area contributed by atoms with Crippen molar-refractivity contribution in [1.29, 1.82) is 0 Å². The number of hydrogen-bond donors (Lipinski definition) is 1. The Labute approximate surface area is 168 Å². The fourth-order valence-corrected chi connectivity index (χ4v) is 2.99. The van der Waals surface area contributed by atoms with Crippen molar-refractivity contribution in [3.8, 4) is 5.69 Å². The predicted molar refractivity (Wildman–Crippen MR) is 111 cm³/mol. The first-order chi connectivity index (χ1) is 13.0. The molecule has 2 aromatic carbocycles. The van der Waals surface area contributed by atoms with E-state index in [0.717, 1.165) is 28.8 Å². The smallest absolute Gasteiger partial charge is 0.254 e. The van der Waals surface area contributed by atoms with Gasteiger partial charge in [0.2, 0.25) is 0 Å². The molecule has 0 aliphatic carbocycles. The number of hydrogen-bond acceptors (Lipinski definition) is 3. The number of carbonyl (C=O) groups is 1. The molecular weight excluding hydrogens is 404 g/mol. The van der Waals surface area contributed by atoms with Crippen LogP contribution in [-0.4, -0.2) is 34.2 Å². The molecule has 27 heavy (non-hydrogen) atoms. The molecule has 0 saturated heterocycles. The van der Waals surface area contributed by atoms with Crippen molar-refractivity contribution >= 4 is 21.8 Å². The molecule has 0 aliphatic heterocycles. The van der Waals surface area contributed by atoms with Crippen LogP contribution in [0.3, 0.4) is 0 Å². The molecule has 1 amide bonds. The van der Waals surface area contributed by atoms with Crippen molar-refractivity contribution in [1.82, 2.24) is 20.0 Å². The Balaban J connectivity index is 1.61. The first-order valence-corrected chi connectivity index (χ1v) is 9.69. The molecule has 0 fully saturated rings. The molecule has 0 atom stereocenters. The van der Waals surface area contributed by atoms with E-state index < -0.39 is 0 Å². The lowest BCUT2D eigenvalue weighted by Gasteiger charge is -2.14. The minimum atomic E-state index is -0.130. The summed E-state index contributed by atoms with van der Waals surface area (Å²) in [6, 6.07) is 16.1. The molecule has 1 N–H and O–H groups in total. The van der Waals surface area contributed by atoms with Crippen LogP contribution in [0.2, 0.25) is 0 Å². The van der Waals surface area contributed by atoms with Crippen molar-refractivity contribution in [2.24, 2.45) is 0 Å². The molecule has 3 aromatic rings. The molecule has 0 spiro atoms. The van der Waals surface area contributed by atoms with E-state index in [1.54, 1.807) is 17.1 Å². The van der Waals surface area contributed by atoms with Crippen molar-refractivity contribution in [2.75, 3.05) is 13.6 Å². The fourth-order valence-electron chi connectivity index (χ4n) is 2.72. The third kappa shape index (κ3) is 5.28. The number of carbonyl (C=O) groups excluding carboxylic acids is 1. The molecule has 0 saturated carbocycles. The molecule has 5 nitrogen and oxygen atoms in total. The molecule has 0 unspecified atom stereocenters. The van der Waals surface area contributed by atoms with Gasteiger partial charge in [-0.25, -0.2) is 4.68 Å². The Morgan fingerprint density at radius 1 is 1.19 bits per heavy atom. The number of aromatic nitrogens is 2. The molecular formula is C21H23BrN4O. The van der Waals surface area contributed by atoms with Crippen molar-refractivity contribution < 1.29 is 4.79 Å². The maximum absolute atomic E-state index is 12.4. The summed E-state index contributed by atoms with van der Waals surface area (Å²) in [5.41, 5.74) is 3.78. The number of amides is 1. The zero-order chi connectivity index (χ0) is 19.2. The van der Waals surface area contributed by atoms with Gasteiger partial charge < -0.3 is 10.2 Å². The second-order valence-electron chi connectivity index (χ2n) is 6.48. The van der Waals surface area contributed by atoms with Crippen LogP contribution in [0.5, 0.6) is 0 Å². The van der Waals surface area contributed by atoms with Gasteiger partial charge in [-0.2, -0.15) is 5.10 Å². The Morgan fingerprint density at radius 3 is 2.67 bits per heavy atom. The molecule has 6 heteroatoms. The maximum Gasteiger partial charge on any atom is 0.254 e. The van der Waals surface area contributed by atoms with E-state index in [4.69, 9.17) is 0 Å². The predicted octanol–water partition coefficient (Wildman–Crippen LogP) is 4.02. The SMILES string of the molecule is CCN(C)Cc1cccc(CNC(=O)c2cnn(-c3ccc(Br)cc3)c2)c1. The van der Waals surface area contributed by atoms with Crippen molar-refractivity contribution in [3.05, 3.63) is 82.1 Å². The van der Waals surface area contributed by atoms with Crippen LogP contribution in [0, 0.1) is 0 Å². The Bertz CT molecular complexity index is 905. The standard InChI is InChI=1S/C21H23BrN4O/c1-3-25(2)14-17-6-4-5-16(11-17)12-23-21(27)18-13-24-26(15-18)20-9-7-19(22)8-10-20/h4-11,13,15H,3,12,14H2,1-2H3,(H,23,27). The van der Waals surface area contributed by atoms with Crippen molar-refractivity contribution in [2.45, 2.75) is 20.0 Å². The summed E-state index contributed by atoms with van der Waals surface area (Å²) in [6.45, 7) is 4.53. The lowest BCUT2D eigenvalue weighted by molar-refractivity contribution is 0.0951. The van der Waals surface area contributed by atoms with E-state index >= 15 is 0 Å². The minimum Gasteiger partial charge on any atom is -0.348 e. The van der Waals surface area contributed by atoms with Gasteiger partial charge in [-0.05, 0) is 49.0 Å². The van der Waals surface area contributed by atoms with Gasteiger partial charge in [0, 0.05) is 23.8 Å². The molecule has 140 valence electrons. The van der Waals surface area contributed by atoms with Gasteiger partial charge in [0.05, 0.1) is 17.4 Å². The number of rotatable bonds is 7. The first kappa shape index (κ1) is 19.3. The van der Waals surface area contributed by atoms with Gasteiger partial charge in [-0.15, -0.1) is 0 Å². The zero-order valence-electron chi connectivity index (χ0n) is 15.5. The Hall–Kier alpha value is -2.44. The summed E-state index contributed by atoms with van der Waals surface area (Å²) in [5.74, 6) is -0.130. The summed E-state index contributed by atoms with van der Waals surface area (Å²) in [6.07, 6.45) is 3.33. The van der Waals surface area contributed by atoms with Gasteiger partial charge in [0.25, 0.3) is 5.91 Å². The van der Waals surface area contributed by atoms with E-state index in [9.17, 15) is 4.79 Å². The number of benzene rings is 2. The molecule has 3 rings (SSSR count). The summed E-state index contributed by atoms with van der Waals surface area (Å²) in [5, 5.41) is 7.25. The molecule has 1 aromatic heterocycles. The molecule has 0 aliphatic rings. The van der Waals surface area contributed by atoms with E-state index in [-0.39, 0.29) is 5.91 Å². The maximum atomic E-state index is 12.4. The molecule has 1 heterocycles. The largest absolute Gasteiger partial charge is 0.348 e. The van der Waals surface area contributed by atoms with Crippen LogP contribution in [0.1, 0.15) is 28.4 Å². The van der Waals surface area contributed by atoms with E-state index in [2.05, 4.69) is 57.3 Å². The number of halogens is 1. The third-order valence-electron chi connectivity index (χ3n) is 4.37. The van der Waals surface area contributed by atoms with Crippen LogP contribution in [-0.2, 0) is 13.1 Å². The van der Waals surface area contributed by atoms with Crippen molar-refractivity contribution in [3.63, 3.8) is 0 Å². The summed E-state index contributed by atoms with van der Waals surface area (Å²) in [7, 11) is 2.09. The zero-order valence-corrected chi connectivity index (χ0v) is 17.1. The second-order valence-corrected chi connectivity index (χ2v) is 7.40. The van der Waals surface area contributed by atoms with Gasteiger partial charge in [0.15, 0.2) is 0 Å². The number of nitrogens with one attached hydrogen (secondary N) is 1. The highest BCUT2D eigenvalue weighted by Crippen LogP contribution is 2.14. The monoisotopic (exact) mass is 426 g/mol. The van der Waals surface area contributed by atoms with Gasteiger partial charge in [0.1, 0.15) is 0 Å². The average molecular weight is 427 g/mol. The highest BCUT2D eigenvalue weighted by molar-refractivity contribution is 9.10. The topological polar surface area (TPSA) is 50.2 Å². The van der Waals surface area contributed by atoms with Crippen LogP contribution in [0.15, 0.2) is 65.4 Å². The van der Waals surface area contributed by atoms with E-state index in [0.29, 0.717) is 12.1 Å². The molecule has 0 radical (unpaired) electrons. The lowest BCUT2D eigenvalue weighted by atomic mass is 10.1. The number of nitrogens with zero attached hydrogens (tertiary/aromatic N) is 3. The molecule has 0 bridgehead atoms. The van der Waals surface area contributed by atoms with Gasteiger partial charge in [-0.3, -0.25) is 4.79 Å². The van der Waals surface area contributed by atoms with E-state index in [1.165, 1.54) is 5.56 Å². The first-order valence-electron chi connectivity index (χ1n) is 8.90. The van der Waals surface area contributed by atoms with Gasteiger partial charge >= 0.3 is 0 Å². The van der Waals surface area contributed by atoms with E-state index in [1.807, 2.05) is 36.4 Å². The van der Waals surface area contributed by atoms with Gasteiger partial charge in [-0.1, -0.05) is 47.1 Å². The van der Waals surface area contributed by atoms with Crippen LogP contribution in [0.25, 0.3) is 5.69 Å². The fraction of sp³-hybridized carbons (Fsp3) is 0.238. The second kappa shape index (κ2) is 8.97. The van der Waals surface area contributed by atoms with Crippen LogP contribution < -0.4 is 5.32 Å². The van der Waals surface area contributed by atoms with Crippen LogP contribution >= 0.6 is 15.9 Å². The quantitative estimate of drug-likeness (QED) is 0.620. The average Bonchev–Trinajstić information content (AvgIpc) is 3.17. The third-order valence-corrected chi connectivity index (χ3v) is 4.90. The summed E-state index contributed by atoms with van der Waals surface area (Å²) >= 11 is 3.41. The highest BCUT2D eigenvalue weighted by Gasteiger charge is 2.09. The summed E-state index contributed by atoms with van der Waals surface area (Å²) < 4.78 is 2.70. The highest BCUT2D eigenvalue weighted by atomic mass is 79.9. The summed E-state index contributed by atoms with van der Waals surface area (Å²) in [4.78, 5) is 14.7. The Kier molecular flexibility index (Phi) is 6.42. The normalized spacial score (nSPS) is 11.0. The lowest BCUT2D eigenvalue weighted by Crippen LogP contribution is -2.22. The Morgan fingerprint density at radius 2 is 1.93 bits per heavy atom. The minimum absolute atomic E-state index is 0.130. The van der Waals surface area contributed by atoms with Crippen LogP contribution in [0.4, 0.5) is 0 Å².